The third kappa shape index (κ3) is 3.80. The molecule has 2 N–H and O–H groups in total. The van der Waals surface area contributed by atoms with E-state index in [1.54, 1.807) is 24.3 Å². The van der Waals surface area contributed by atoms with Gasteiger partial charge in [-0.05, 0) is 28.5 Å². The molecule has 0 radical (unpaired) electrons. The quantitative estimate of drug-likeness (QED) is 0.730. The fourth-order valence-corrected chi connectivity index (χ4v) is 2.99. The molecule has 0 unspecified atom stereocenters. The van der Waals surface area contributed by atoms with Crippen LogP contribution in [0, 0.1) is 0 Å². The summed E-state index contributed by atoms with van der Waals surface area (Å²) in [5.74, 6) is -1.59. The number of benzene rings is 3. The van der Waals surface area contributed by atoms with Crippen LogP contribution in [0.25, 0.3) is 10.8 Å². The minimum absolute atomic E-state index is 0.187. The summed E-state index contributed by atoms with van der Waals surface area (Å²) in [6.07, 6.45) is 0.187. The van der Waals surface area contributed by atoms with Crippen LogP contribution in [0.3, 0.4) is 0 Å². The number of carboxylic acid groups (broad SMARTS) is 1. The molecule has 0 aliphatic carbocycles. The van der Waals surface area contributed by atoms with Crippen molar-refractivity contribution in [1.29, 1.82) is 0 Å². The van der Waals surface area contributed by atoms with Crippen LogP contribution >= 0.6 is 11.6 Å². The van der Waals surface area contributed by atoms with Crippen molar-refractivity contribution in [3.63, 3.8) is 0 Å². The highest BCUT2D eigenvalue weighted by atomic mass is 35.5. The number of carbonyl (C=O) groups excluding carboxylic acids is 1. The molecule has 0 aliphatic rings. The van der Waals surface area contributed by atoms with Crippen LogP contribution in [-0.2, 0) is 11.2 Å². The summed E-state index contributed by atoms with van der Waals surface area (Å²) in [5.41, 5.74) is 1.12. The van der Waals surface area contributed by atoms with Gasteiger partial charge in [0.25, 0.3) is 5.91 Å². The molecule has 0 saturated heterocycles. The van der Waals surface area contributed by atoms with Gasteiger partial charge in [-0.2, -0.15) is 0 Å². The van der Waals surface area contributed by atoms with Gasteiger partial charge >= 0.3 is 5.97 Å². The maximum absolute atomic E-state index is 12.4. The predicted octanol–water partition coefficient (Wildman–Crippen LogP) is 3.92. The summed E-state index contributed by atoms with van der Waals surface area (Å²) < 4.78 is 0. The number of amides is 1. The summed E-state index contributed by atoms with van der Waals surface area (Å²) >= 11 is 6.01. The molecule has 3 rings (SSSR count). The van der Waals surface area contributed by atoms with Crippen molar-refractivity contribution in [2.24, 2.45) is 0 Å². The minimum Gasteiger partial charge on any atom is -0.480 e. The van der Waals surface area contributed by atoms with Crippen molar-refractivity contribution >= 4 is 34.2 Å². The number of nitrogens with one attached hydrogen (secondary N) is 1. The maximum Gasteiger partial charge on any atom is 0.326 e. The molecule has 0 aliphatic heterocycles. The van der Waals surface area contributed by atoms with Crippen molar-refractivity contribution in [2.75, 3.05) is 0 Å². The average Bonchev–Trinajstić information content (AvgIpc) is 2.61. The largest absolute Gasteiger partial charge is 0.480 e. The fraction of sp³-hybridized carbons (Fsp3) is 0.100. The number of hydrogen-bond donors (Lipinski definition) is 2. The van der Waals surface area contributed by atoms with Gasteiger partial charge in [0.1, 0.15) is 6.04 Å². The van der Waals surface area contributed by atoms with Gasteiger partial charge < -0.3 is 10.4 Å². The molecule has 25 heavy (non-hydrogen) atoms. The molecule has 0 bridgehead atoms. The van der Waals surface area contributed by atoms with Gasteiger partial charge in [-0.3, -0.25) is 4.79 Å². The zero-order valence-corrected chi connectivity index (χ0v) is 14.0. The molecule has 0 aromatic heterocycles. The first-order valence-electron chi connectivity index (χ1n) is 7.81. The molecule has 4 nitrogen and oxygen atoms in total. The van der Waals surface area contributed by atoms with E-state index in [4.69, 9.17) is 11.6 Å². The monoisotopic (exact) mass is 353 g/mol. The Hall–Kier alpha value is -2.85. The van der Waals surface area contributed by atoms with E-state index in [2.05, 4.69) is 5.32 Å². The van der Waals surface area contributed by atoms with Crippen LogP contribution in [0.2, 0.25) is 5.02 Å². The summed E-state index contributed by atoms with van der Waals surface area (Å²) in [6, 6.07) is 19.0. The van der Waals surface area contributed by atoms with Crippen LogP contribution in [0.5, 0.6) is 0 Å². The van der Waals surface area contributed by atoms with E-state index >= 15 is 0 Å². The van der Waals surface area contributed by atoms with E-state index in [0.29, 0.717) is 0 Å². The van der Waals surface area contributed by atoms with Crippen LogP contribution in [0.1, 0.15) is 15.9 Å². The summed E-state index contributed by atoms with van der Waals surface area (Å²) in [4.78, 5) is 24.0. The lowest BCUT2D eigenvalue weighted by molar-refractivity contribution is -0.139. The first kappa shape index (κ1) is 17.0. The van der Waals surface area contributed by atoms with Crippen LogP contribution < -0.4 is 5.32 Å². The molecule has 126 valence electrons. The van der Waals surface area contributed by atoms with E-state index < -0.39 is 17.9 Å². The van der Waals surface area contributed by atoms with E-state index in [-0.39, 0.29) is 17.0 Å². The Morgan fingerprint density at radius 1 is 0.960 bits per heavy atom. The molecular formula is C20H16ClNO3. The first-order chi connectivity index (χ1) is 12.1. The van der Waals surface area contributed by atoms with Crippen LogP contribution in [-0.4, -0.2) is 23.0 Å². The Morgan fingerprint density at radius 2 is 1.64 bits per heavy atom. The lowest BCUT2D eigenvalue weighted by atomic mass is 9.98. The molecule has 1 amide bonds. The molecule has 1 atom stereocenters. The lowest BCUT2D eigenvalue weighted by Gasteiger charge is -2.16. The van der Waals surface area contributed by atoms with Crippen molar-refractivity contribution in [3.8, 4) is 0 Å². The van der Waals surface area contributed by atoms with Crippen molar-refractivity contribution in [1.82, 2.24) is 5.32 Å². The molecule has 0 saturated carbocycles. The highest BCUT2D eigenvalue weighted by Crippen LogP contribution is 2.20. The van der Waals surface area contributed by atoms with E-state index in [1.165, 1.54) is 0 Å². The van der Waals surface area contributed by atoms with E-state index in [9.17, 15) is 14.7 Å². The number of aliphatic carboxylic acids is 1. The van der Waals surface area contributed by atoms with E-state index in [1.807, 2.05) is 42.5 Å². The summed E-state index contributed by atoms with van der Waals surface area (Å²) in [6.45, 7) is 0. The maximum atomic E-state index is 12.4. The fourth-order valence-electron chi connectivity index (χ4n) is 2.77. The van der Waals surface area contributed by atoms with Gasteiger partial charge in [-0.25, -0.2) is 4.79 Å². The van der Waals surface area contributed by atoms with Gasteiger partial charge in [0.15, 0.2) is 0 Å². The lowest BCUT2D eigenvalue weighted by Crippen LogP contribution is -2.42. The second-order valence-electron chi connectivity index (χ2n) is 5.69. The number of fused-ring (bicyclic) bond motifs is 1. The zero-order valence-electron chi connectivity index (χ0n) is 13.3. The summed E-state index contributed by atoms with van der Waals surface area (Å²) in [5, 5.41) is 14.4. The number of rotatable bonds is 5. The number of hydrogen-bond acceptors (Lipinski definition) is 2. The highest BCUT2D eigenvalue weighted by molar-refractivity contribution is 6.33. The SMILES string of the molecule is O=C(N[C@@H](Cc1cccc2ccccc12)C(=O)O)c1ccccc1Cl. The number of carboxylic acids is 1. The highest BCUT2D eigenvalue weighted by Gasteiger charge is 2.22. The van der Waals surface area contributed by atoms with Crippen molar-refractivity contribution in [3.05, 3.63) is 82.9 Å². The standard InChI is InChI=1S/C20H16ClNO3/c21-17-11-4-3-10-16(17)19(23)22-18(20(24)25)12-14-8-5-7-13-6-1-2-9-15(13)14/h1-11,18H,12H2,(H,22,23)(H,24,25)/t18-/m0/s1. The molecule has 3 aromatic carbocycles. The first-order valence-corrected chi connectivity index (χ1v) is 8.19. The van der Waals surface area contributed by atoms with Gasteiger partial charge in [-0.15, -0.1) is 0 Å². The third-order valence-corrected chi connectivity index (χ3v) is 4.36. The zero-order chi connectivity index (χ0) is 17.8. The predicted molar refractivity (Wildman–Crippen MR) is 98.0 cm³/mol. The molecule has 0 spiro atoms. The second-order valence-corrected chi connectivity index (χ2v) is 6.09. The molecule has 0 fully saturated rings. The molecule has 0 heterocycles. The van der Waals surface area contributed by atoms with Gasteiger partial charge in [0.2, 0.25) is 0 Å². The Balaban J connectivity index is 1.86. The van der Waals surface area contributed by atoms with Crippen LogP contribution in [0.15, 0.2) is 66.7 Å². The second kappa shape index (κ2) is 7.36. The molecular weight excluding hydrogens is 338 g/mol. The normalized spacial score (nSPS) is 11.9. The van der Waals surface area contributed by atoms with Crippen LogP contribution in [0.4, 0.5) is 0 Å². The number of halogens is 1. The van der Waals surface area contributed by atoms with Gasteiger partial charge in [0.05, 0.1) is 10.6 Å². The van der Waals surface area contributed by atoms with Gasteiger partial charge in [0, 0.05) is 6.42 Å². The Labute approximate surface area is 150 Å². The molecule has 3 aromatic rings. The minimum atomic E-state index is -1.09. The Morgan fingerprint density at radius 3 is 2.40 bits per heavy atom. The van der Waals surface area contributed by atoms with Gasteiger partial charge in [-0.1, -0.05) is 66.2 Å². The van der Waals surface area contributed by atoms with E-state index in [0.717, 1.165) is 16.3 Å². The Bertz CT molecular complexity index is 934. The summed E-state index contributed by atoms with van der Waals surface area (Å²) in [7, 11) is 0. The van der Waals surface area contributed by atoms with Crippen molar-refractivity contribution < 1.29 is 14.7 Å². The number of carbonyl (C=O) groups is 2. The topological polar surface area (TPSA) is 66.4 Å². The average molecular weight is 354 g/mol. The molecule has 5 heteroatoms. The third-order valence-electron chi connectivity index (χ3n) is 4.03. The van der Waals surface area contributed by atoms with Crippen molar-refractivity contribution in [2.45, 2.75) is 12.5 Å². The Kier molecular flexibility index (Phi) is 5.00. The smallest absolute Gasteiger partial charge is 0.326 e.